The number of aliphatic hydroxyl groups is 1. The summed E-state index contributed by atoms with van der Waals surface area (Å²) in [4.78, 5) is 0. The summed E-state index contributed by atoms with van der Waals surface area (Å²) in [6.45, 7) is -1.98. The average molecular weight is 580 g/mol. The molecule has 0 aromatic rings. The van der Waals surface area contributed by atoms with Crippen LogP contribution in [0.4, 0.5) is 0 Å². The lowest BCUT2D eigenvalue weighted by Gasteiger charge is -2.44. The highest BCUT2D eigenvalue weighted by Gasteiger charge is 2.46. The number of hydrogen-bond donors (Lipinski definition) is 2. The molecule has 2 fully saturated rings. The molecule has 2 N–H and O–H groups in total. The molecular formula is C11H17NO18S4-4. The Morgan fingerprint density at radius 1 is 1.00 bits per heavy atom. The second kappa shape index (κ2) is 11.7. The van der Waals surface area contributed by atoms with E-state index in [1.165, 1.54) is 4.72 Å². The number of nitrogens with one attached hydrogen (secondary N) is 1. The molecule has 2 aliphatic heterocycles. The minimum atomic E-state index is -5.55. The highest BCUT2D eigenvalue weighted by atomic mass is 32.3. The largest absolute Gasteiger partial charge is 0.750 e. The second-order valence-electron chi connectivity index (χ2n) is 6.74. The van der Waals surface area contributed by atoms with E-state index in [2.05, 4.69) is 12.5 Å². The second-order valence-corrected chi connectivity index (χ2v) is 10.5. The van der Waals surface area contributed by atoms with Gasteiger partial charge in [-0.3, -0.25) is 12.5 Å². The quantitative estimate of drug-likeness (QED) is 0.131. The molecular weight excluding hydrogens is 562 g/mol. The van der Waals surface area contributed by atoms with Gasteiger partial charge in [0.2, 0.25) is 20.8 Å². The van der Waals surface area contributed by atoms with Gasteiger partial charge in [-0.25, -0.2) is 34.2 Å². The van der Waals surface area contributed by atoms with E-state index < -0.39 is 112 Å². The van der Waals surface area contributed by atoms with Crippen LogP contribution in [0.5, 0.6) is 0 Å². The van der Waals surface area contributed by atoms with E-state index >= 15 is 0 Å². The van der Waals surface area contributed by atoms with E-state index in [0.29, 0.717) is 0 Å². The van der Waals surface area contributed by atoms with Crippen molar-refractivity contribution in [3.8, 4) is 0 Å². The molecule has 8 atom stereocenters. The van der Waals surface area contributed by atoms with Crippen molar-refractivity contribution in [3.05, 3.63) is 0 Å². The lowest BCUT2D eigenvalue weighted by Crippen LogP contribution is -2.62. The summed E-state index contributed by atoms with van der Waals surface area (Å²) in [5, 5.41) is 10.3. The van der Waals surface area contributed by atoms with Crippen LogP contribution in [0.15, 0.2) is 0 Å². The summed E-state index contributed by atoms with van der Waals surface area (Å²) < 4.78 is 150. The molecule has 19 nitrogen and oxygen atoms in total. The van der Waals surface area contributed by atoms with Gasteiger partial charge >= 0.3 is 0 Å². The highest BCUT2D eigenvalue weighted by Crippen LogP contribution is 2.28. The maximum Gasteiger partial charge on any atom is 0.217 e. The predicted octanol–water partition coefficient (Wildman–Crippen LogP) is -5.20. The van der Waals surface area contributed by atoms with Crippen LogP contribution in [0.3, 0.4) is 0 Å². The lowest BCUT2D eigenvalue weighted by molar-refractivity contribution is -0.278. The standard InChI is InChI=1S/C11H21NO18S4/c13-10-7(3-25-4-8(10)29-31(14)15)28-11-9(12-32(16,17)18)6(30-34(22,23)24)1-5(27-11)2-26-33(19,20)21/h5-13H,1-4H2,(H,14,15)(H,16,17,18)(H,19,20,21)(H,22,23,24)/p-4/t5?,6?,7-,8?,9-,10-,11-/m0/s1. The Morgan fingerprint density at radius 2 is 1.62 bits per heavy atom. The smallest absolute Gasteiger partial charge is 0.217 e. The SMILES string of the molecule is O=S([O-])OC1COC[C@H](O[C@@H]2OC(COS(=O)(=O)[O-])CC(OS(=O)(=O)[O-])[C@@H]2NS(=O)(=O)[O-])[C@@H]1O. The van der Waals surface area contributed by atoms with Gasteiger partial charge in [-0.05, 0) is 0 Å². The fourth-order valence-electron chi connectivity index (χ4n) is 3.06. The van der Waals surface area contributed by atoms with Crippen molar-refractivity contribution in [2.24, 2.45) is 0 Å². The topological polar surface area (TPSA) is 299 Å². The van der Waals surface area contributed by atoms with E-state index in [1.807, 2.05) is 0 Å². The molecule has 2 heterocycles. The molecule has 0 saturated carbocycles. The van der Waals surface area contributed by atoms with Crippen LogP contribution < -0.4 is 4.72 Å². The van der Waals surface area contributed by atoms with Gasteiger partial charge in [0.05, 0.1) is 49.4 Å². The number of hydrogen-bond acceptors (Lipinski definition) is 18. The first-order valence-corrected chi connectivity index (χ1v) is 13.8. The fourth-order valence-corrected chi connectivity index (χ4v) is 4.84. The normalized spacial score (nSPS) is 34.6. The third-order valence-electron chi connectivity index (χ3n) is 4.27. The van der Waals surface area contributed by atoms with Gasteiger partial charge in [-0.15, -0.1) is 0 Å². The predicted molar refractivity (Wildman–Crippen MR) is 95.6 cm³/mol. The number of ether oxygens (including phenoxy) is 3. The van der Waals surface area contributed by atoms with Crippen molar-refractivity contribution in [1.29, 1.82) is 0 Å². The Hall–Kier alpha value is -0.480. The Labute approximate surface area is 195 Å². The van der Waals surface area contributed by atoms with Crippen molar-refractivity contribution >= 4 is 42.5 Å². The zero-order chi connectivity index (χ0) is 25.9. The maximum atomic E-state index is 11.3. The van der Waals surface area contributed by atoms with Gasteiger partial charge in [0, 0.05) is 6.42 Å². The van der Waals surface area contributed by atoms with E-state index in [0.717, 1.165) is 0 Å². The molecule has 0 aliphatic carbocycles. The van der Waals surface area contributed by atoms with E-state index in [-0.39, 0.29) is 0 Å². The van der Waals surface area contributed by atoms with E-state index in [1.54, 1.807) is 0 Å². The molecule has 0 aromatic carbocycles. The van der Waals surface area contributed by atoms with Crippen LogP contribution in [0, 0.1) is 0 Å². The summed E-state index contributed by atoms with van der Waals surface area (Å²) in [6.07, 6.45) is -11.3. The molecule has 0 spiro atoms. The van der Waals surface area contributed by atoms with Crippen molar-refractivity contribution in [3.63, 3.8) is 0 Å². The molecule has 23 heteroatoms. The molecule has 2 rings (SSSR count). The molecule has 2 aliphatic rings. The monoisotopic (exact) mass is 579 g/mol. The van der Waals surface area contributed by atoms with Crippen LogP contribution in [-0.4, -0.2) is 115 Å². The van der Waals surface area contributed by atoms with Crippen molar-refractivity contribution in [2.45, 2.75) is 49.3 Å². The van der Waals surface area contributed by atoms with Gasteiger partial charge in [0.15, 0.2) is 16.6 Å². The van der Waals surface area contributed by atoms with Gasteiger partial charge in [0.1, 0.15) is 18.3 Å². The summed E-state index contributed by atoms with van der Waals surface area (Å²) in [5.41, 5.74) is 0. The average Bonchev–Trinajstić information content (AvgIpc) is 2.62. The van der Waals surface area contributed by atoms with Crippen LogP contribution in [0.1, 0.15) is 6.42 Å². The van der Waals surface area contributed by atoms with E-state index in [4.69, 9.17) is 14.2 Å². The van der Waals surface area contributed by atoms with Crippen LogP contribution in [-0.2, 0) is 69.2 Å². The number of rotatable bonds is 11. The maximum absolute atomic E-state index is 11.3. The fraction of sp³-hybridized carbons (Fsp3) is 1.00. The lowest BCUT2D eigenvalue weighted by atomic mass is 10.0. The Morgan fingerprint density at radius 3 is 2.15 bits per heavy atom. The van der Waals surface area contributed by atoms with Gasteiger partial charge in [-0.1, -0.05) is 0 Å². The molecule has 34 heavy (non-hydrogen) atoms. The van der Waals surface area contributed by atoms with Crippen molar-refractivity contribution in [1.82, 2.24) is 4.72 Å². The third-order valence-corrected chi connectivity index (χ3v) is 6.15. The summed E-state index contributed by atoms with van der Waals surface area (Å²) in [7, 11) is -16.2. The first-order valence-electron chi connectivity index (χ1n) is 8.74. The molecule has 0 radical (unpaired) electrons. The van der Waals surface area contributed by atoms with Crippen LogP contribution in [0.25, 0.3) is 0 Å². The van der Waals surface area contributed by atoms with Gasteiger partial charge in [-0.2, -0.15) is 0 Å². The highest BCUT2D eigenvalue weighted by molar-refractivity contribution is 7.83. The summed E-state index contributed by atoms with van der Waals surface area (Å²) in [6, 6.07) is -2.08. The van der Waals surface area contributed by atoms with Crippen LogP contribution in [0.2, 0.25) is 0 Å². The van der Waals surface area contributed by atoms with Gasteiger partial charge < -0.3 is 37.5 Å². The third kappa shape index (κ3) is 10.2. The first-order chi connectivity index (χ1) is 15.4. The van der Waals surface area contributed by atoms with Crippen molar-refractivity contribution < 1.29 is 79.5 Å². The number of aliphatic hydroxyl groups excluding tert-OH is 1. The zero-order valence-corrected chi connectivity index (χ0v) is 19.7. The first kappa shape index (κ1) is 29.7. The summed E-state index contributed by atoms with van der Waals surface area (Å²) in [5.74, 6) is 0. The molecule has 0 aromatic heterocycles. The minimum absolute atomic E-state index is 0.421. The zero-order valence-electron chi connectivity index (χ0n) is 16.4. The Bertz CT molecular complexity index is 1030. The molecule has 202 valence electrons. The van der Waals surface area contributed by atoms with E-state index in [9.17, 15) is 52.8 Å². The molecule has 2 saturated heterocycles. The van der Waals surface area contributed by atoms with Crippen LogP contribution >= 0.6 is 0 Å². The molecule has 0 bridgehead atoms. The minimum Gasteiger partial charge on any atom is -0.750 e. The van der Waals surface area contributed by atoms with Gasteiger partial charge in [0.25, 0.3) is 0 Å². The molecule has 0 amide bonds. The Kier molecular flexibility index (Phi) is 10.2. The van der Waals surface area contributed by atoms with Crippen molar-refractivity contribution in [2.75, 3.05) is 19.8 Å². The Balaban J connectivity index is 2.33. The summed E-state index contributed by atoms with van der Waals surface area (Å²) >= 11 is -3.09. The molecule has 4 unspecified atom stereocenters.